The molecule has 0 aliphatic rings. The first kappa shape index (κ1) is 12.7. The molecule has 0 aromatic heterocycles. The fraction of sp³-hybridized carbons (Fsp3) is 0.417. The van der Waals surface area contributed by atoms with Crippen molar-refractivity contribution in [3.05, 3.63) is 35.9 Å². The third-order valence-corrected chi connectivity index (χ3v) is 4.06. The molecule has 3 heteroatoms. The molecule has 0 radical (unpaired) electrons. The Kier molecular flexibility index (Phi) is 4.35. The van der Waals surface area contributed by atoms with Crippen molar-refractivity contribution in [3.63, 3.8) is 0 Å². The highest BCUT2D eigenvalue weighted by atomic mass is 79.9. The topological polar surface area (TPSA) is 17.1 Å². The van der Waals surface area contributed by atoms with E-state index in [1.807, 2.05) is 44.2 Å². The van der Waals surface area contributed by atoms with Gasteiger partial charge in [0.15, 0.2) is 0 Å². The molecule has 1 atom stereocenters. The molecular formula is C12H14BrClO. The van der Waals surface area contributed by atoms with Crippen LogP contribution in [0.4, 0.5) is 0 Å². The number of halogens is 2. The van der Waals surface area contributed by atoms with E-state index in [-0.39, 0.29) is 11.2 Å². The summed E-state index contributed by atoms with van der Waals surface area (Å²) in [6.45, 7) is 4.02. The van der Waals surface area contributed by atoms with Gasteiger partial charge in [-0.05, 0) is 23.1 Å². The number of rotatable bonds is 4. The van der Waals surface area contributed by atoms with Crippen LogP contribution in [0, 0.1) is 5.92 Å². The molecule has 1 aromatic carbocycles. The molecule has 0 saturated heterocycles. The number of carbonyl (C=O) groups excluding carboxylic acids is 1. The van der Waals surface area contributed by atoms with Gasteiger partial charge in [0.25, 0.3) is 0 Å². The fourth-order valence-corrected chi connectivity index (χ4v) is 3.47. The first-order chi connectivity index (χ1) is 7.05. The van der Waals surface area contributed by atoms with Crippen LogP contribution in [0.3, 0.4) is 0 Å². The second-order valence-electron chi connectivity index (χ2n) is 3.90. The van der Waals surface area contributed by atoms with Gasteiger partial charge in [0.05, 0.1) is 5.41 Å². The Morgan fingerprint density at radius 3 is 2.27 bits per heavy atom. The van der Waals surface area contributed by atoms with E-state index in [4.69, 9.17) is 11.6 Å². The standard InChI is InChI=1S/C12H14BrClO/c1-9(2)12(8-13,11(14)15)10-6-4-3-5-7-10/h3-7,9H,8H2,1-2H3. The van der Waals surface area contributed by atoms with Gasteiger partial charge in [0.2, 0.25) is 5.24 Å². The van der Waals surface area contributed by atoms with Crippen LogP contribution in [0.15, 0.2) is 30.3 Å². The van der Waals surface area contributed by atoms with Crippen molar-refractivity contribution in [3.8, 4) is 0 Å². The maximum atomic E-state index is 11.7. The highest BCUT2D eigenvalue weighted by Gasteiger charge is 2.41. The van der Waals surface area contributed by atoms with E-state index >= 15 is 0 Å². The Morgan fingerprint density at radius 2 is 1.93 bits per heavy atom. The summed E-state index contributed by atoms with van der Waals surface area (Å²) in [5.74, 6) is 0.157. The minimum Gasteiger partial charge on any atom is -0.280 e. The molecule has 0 aliphatic carbocycles. The minimum atomic E-state index is -0.622. The van der Waals surface area contributed by atoms with Crippen molar-refractivity contribution in [2.45, 2.75) is 19.3 Å². The third kappa shape index (κ3) is 2.26. The van der Waals surface area contributed by atoms with E-state index in [0.29, 0.717) is 5.33 Å². The summed E-state index contributed by atoms with van der Waals surface area (Å²) in [4.78, 5) is 11.7. The number of alkyl halides is 1. The molecule has 0 amide bonds. The Bertz CT molecular complexity index is 337. The van der Waals surface area contributed by atoms with Gasteiger partial charge in [0.1, 0.15) is 0 Å². The Hall–Kier alpha value is -0.340. The van der Waals surface area contributed by atoms with E-state index in [2.05, 4.69) is 15.9 Å². The lowest BCUT2D eigenvalue weighted by molar-refractivity contribution is -0.117. The molecule has 82 valence electrons. The van der Waals surface area contributed by atoms with Crippen molar-refractivity contribution >= 4 is 32.8 Å². The highest BCUT2D eigenvalue weighted by molar-refractivity contribution is 9.09. The maximum absolute atomic E-state index is 11.7. The summed E-state index contributed by atoms with van der Waals surface area (Å²) in [7, 11) is 0. The fourth-order valence-electron chi connectivity index (χ4n) is 1.69. The average molecular weight is 290 g/mol. The van der Waals surface area contributed by atoms with E-state index in [0.717, 1.165) is 5.56 Å². The van der Waals surface area contributed by atoms with Gasteiger partial charge in [-0.25, -0.2) is 0 Å². The molecule has 0 fully saturated rings. The summed E-state index contributed by atoms with van der Waals surface area (Å²) in [6.07, 6.45) is 0. The third-order valence-electron chi connectivity index (χ3n) is 2.84. The van der Waals surface area contributed by atoms with Crippen LogP contribution >= 0.6 is 27.5 Å². The number of benzene rings is 1. The van der Waals surface area contributed by atoms with Crippen LogP contribution in [0.5, 0.6) is 0 Å². The molecule has 1 unspecified atom stereocenters. The molecule has 1 rings (SSSR count). The SMILES string of the molecule is CC(C)C(CBr)(C(=O)Cl)c1ccccc1. The van der Waals surface area contributed by atoms with Gasteiger partial charge in [0, 0.05) is 5.33 Å². The molecular weight excluding hydrogens is 275 g/mol. The Morgan fingerprint density at radius 1 is 1.40 bits per heavy atom. The van der Waals surface area contributed by atoms with Gasteiger partial charge < -0.3 is 0 Å². The van der Waals surface area contributed by atoms with Gasteiger partial charge >= 0.3 is 0 Å². The Balaban J connectivity index is 3.28. The molecule has 1 nitrogen and oxygen atoms in total. The normalized spacial score (nSPS) is 15.0. The van der Waals surface area contributed by atoms with Crippen LogP contribution in [-0.4, -0.2) is 10.6 Å². The highest BCUT2D eigenvalue weighted by Crippen LogP contribution is 2.36. The second-order valence-corrected chi connectivity index (χ2v) is 4.80. The number of hydrogen-bond acceptors (Lipinski definition) is 1. The van der Waals surface area contributed by atoms with Crippen LogP contribution in [0.1, 0.15) is 19.4 Å². The monoisotopic (exact) mass is 288 g/mol. The quantitative estimate of drug-likeness (QED) is 0.609. The lowest BCUT2D eigenvalue weighted by atomic mass is 9.74. The minimum absolute atomic E-state index is 0.157. The van der Waals surface area contributed by atoms with Gasteiger partial charge in [-0.2, -0.15) is 0 Å². The van der Waals surface area contributed by atoms with Gasteiger partial charge in [-0.15, -0.1) is 0 Å². The first-order valence-corrected chi connectivity index (χ1v) is 6.37. The zero-order chi connectivity index (χ0) is 11.5. The van der Waals surface area contributed by atoms with Crippen LogP contribution in [-0.2, 0) is 10.2 Å². The van der Waals surface area contributed by atoms with Crippen LogP contribution in [0.2, 0.25) is 0 Å². The van der Waals surface area contributed by atoms with Crippen molar-refractivity contribution in [2.75, 3.05) is 5.33 Å². The van der Waals surface area contributed by atoms with Gasteiger partial charge in [-0.3, -0.25) is 4.79 Å². The van der Waals surface area contributed by atoms with Crippen molar-refractivity contribution in [1.82, 2.24) is 0 Å². The molecule has 0 heterocycles. The summed E-state index contributed by atoms with van der Waals surface area (Å²) in [5.41, 5.74) is 0.347. The van der Waals surface area contributed by atoms with E-state index in [9.17, 15) is 4.79 Å². The lowest BCUT2D eigenvalue weighted by Crippen LogP contribution is -2.40. The van der Waals surface area contributed by atoms with Crippen molar-refractivity contribution in [2.24, 2.45) is 5.92 Å². The molecule has 0 bridgehead atoms. The lowest BCUT2D eigenvalue weighted by Gasteiger charge is -2.32. The smallest absolute Gasteiger partial charge is 0.233 e. The maximum Gasteiger partial charge on any atom is 0.233 e. The van der Waals surface area contributed by atoms with Crippen LogP contribution < -0.4 is 0 Å². The molecule has 0 saturated carbocycles. The van der Waals surface area contributed by atoms with E-state index < -0.39 is 5.41 Å². The zero-order valence-corrected chi connectivity index (χ0v) is 11.2. The summed E-state index contributed by atoms with van der Waals surface area (Å²) >= 11 is 9.17. The number of hydrogen-bond donors (Lipinski definition) is 0. The first-order valence-electron chi connectivity index (χ1n) is 4.87. The molecule has 0 spiro atoms. The molecule has 0 N–H and O–H groups in total. The summed E-state index contributed by atoms with van der Waals surface area (Å²) in [5, 5.41) is 0.241. The van der Waals surface area contributed by atoms with E-state index in [1.165, 1.54) is 0 Å². The Labute approximate surface area is 104 Å². The summed E-state index contributed by atoms with van der Waals surface area (Å²) in [6, 6.07) is 9.68. The predicted octanol–water partition coefficient (Wildman–Crippen LogP) is 3.74. The van der Waals surface area contributed by atoms with Gasteiger partial charge in [-0.1, -0.05) is 60.1 Å². The molecule has 0 aliphatic heterocycles. The second kappa shape index (κ2) is 5.13. The molecule has 15 heavy (non-hydrogen) atoms. The number of carbonyl (C=O) groups is 1. The summed E-state index contributed by atoms with van der Waals surface area (Å²) < 4.78 is 0. The van der Waals surface area contributed by atoms with E-state index in [1.54, 1.807) is 0 Å². The molecule has 1 aromatic rings. The largest absolute Gasteiger partial charge is 0.280 e. The van der Waals surface area contributed by atoms with Crippen LogP contribution in [0.25, 0.3) is 0 Å². The zero-order valence-electron chi connectivity index (χ0n) is 8.84. The van der Waals surface area contributed by atoms with Crippen molar-refractivity contribution in [1.29, 1.82) is 0 Å². The average Bonchev–Trinajstić information content (AvgIpc) is 2.20. The predicted molar refractivity (Wildman–Crippen MR) is 67.6 cm³/mol. The van der Waals surface area contributed by atoms with Crippen molar-refractivity contribution < 1.29 is 4.79 Å².